The van der Waals surface area contributed by atoms with Crippen molar-refractivity contribution in [3.63, 3.8) is 0 Å². The number of piperidine rings is 1. The van der Waals surface area contributed by atoms with Gasteiger partial charge in [0, 0.05) is 78.6 Å². The number of carbonyl (C=O) groups is 1. The lowest BCUT2D eigenvalue weighted by Crippen LogP contribution is -2.44. The lowest BCUT2D eigenvalue weighted by molar-refractivity contribution is -0.105. The van der Waals surface area contributed by atoms with Crippen molar-refractivity contribution in [2.75, 3.05) is 25.5 Å². The summed E-state index contributed by atoms with van der Waals surface area (Å²) in [5, 5.41) is 22.0. The number of likely N-dealkylation sites (tertiary alicyclic amines) is 1. The second kappa shape index (κ2) is 12.1. The topological polar surface area (TPSA) is 139 Å². The summed E-state index contributed by atoms with van der Waals surface area (Å²) in [6, 6.07) is 8.54. The number of carbonyl (C=O) groups excluding carboxylic acids is 1. The first-order valence-corrected chi connectivity index (χ1v) is 13.4. The number of hydrogen-bond donors (Lipinski definition) is 2. The number of aryl methyl sites for hydroxylation is 1. The molecule has 4 aromatic heterocycles. The summed E-state index contributed by atoms with van der Waals surface area (Å²) in [5.74, 6) is 1.06. The van der Waals surface area contributed by atoms with Gasteiger partial charge in [-0.25, -0.2) is 9.50 Å². The summed E-state index contributed by atoms with van der Waals surface area (Å²) in [5.41, 5.74) is 11.3. The van der Waals surface area contributed by atoms with Crippen molar-refractivity contribution < 1.29 is 9.53 Å². The minimum atomic E-state index is -0.0205. The van der Waals surface area contributed by atoms with Gasteiger partial charge in [0.05, 0.1) is 30.6 Å². The Bertz CT molecular complexity index is 1630. The molecule has 5 heterocycles. The molecule has 1 saturated heterocycles. The summed E-state index contributed by atoms with van der Waals surface area (Å²) >= 11 is 0. The molecule has 0 spiro atoms. The van der Waals surface area contributed by atoms with Gasteiger partial charge in [0.1, 0.15) is 18.2 Å². The van der Waals surface area contributed by atoms with Gasteiger partial charge in [-0.3, -0.25) is 14.4 Å². The zero-order valence-electron chi connectivity index (χ0n) is 23.4. The smallest absolute Gasteiger partial charge is 0.183 e. The van der Waals surface area contributed by atoms with E-state index >= 15 is 0 Å². The van der Waals surface area contributed by atoms with E-state index in [1.165, 1.54) is 7.11 Å². The maximum Gasteiger partial charge on any atom is 0.183 e. The fourth-order valence-electron chi connectivity index (χ4n) is 5.16. The highest BCUT2D eigenvalue weighted by atomic mass is 16.5. The summed E-state index contributed by atoms with van der Waals surface area (Å²) < 4.78 is 8.45. The molecule has 0 aliphatic carbocycles. The van der Waals surface area contributed by atoms with E-state index in [2.05, 4.69) is 32.5 Å². The van der Waals surface area contributed by atoms with E-state index < -0.39 is 0 Å². The molecule has 0 aromatic carbocycles. The minimum Gasteiger partial charge on any atom is -0.483 e. The molecular weight excluding hydrogens is 518 g/mol. The number of rotatable bonds is 9. The average Bonchev–Trinajstić information content (AvgIpc) is 3.63. The highest BCUT2D eigenvalue weighted by Gasteiger charge is 2.25. The Morgan fingerprint density at radius 3 is 2.59 bits per heavy atom. The number of aldehydes is 1. The molecule has 0 saturated carbocycles. The van der Waals surface area contributed by atoms with Gasteiger partial charge in [-0.05, 0) is 50.1 Å². The van der Waals surface area contributed by atoms with Gasteiger partial charge in [0.15, 0.2) is 5.88 Å². The third-order valence-corrected chi connectivity index (χ3v) is 7.57. The van der Waals surface area contributed by atoms with Crippen molar-refractivity contribution >= 4 is 17.6 Å². The molecule has 1 fully saturated rings. The number of pyridine rings is 2. The second-order valence-corrected chi connectivity index (χ2v) is 10.1. The molecule has 0 radical (unpaired) electrons. The Morgan fingerprint density at radius 2 is 1.95 bits per heavy atom. The van der Waals surface area contributed by atoms with Crippen LogP contribution in [-0.2, 0) is 16.6 Å². The van der Waals surface area contributed by atoms with Crippen molar-refractivity contribution in [1.29, 1.82) is 5.26 Å². The molecule has 3 N–H and O–H groups in total. The summed E-state index contributed by atoms with van der Waals surface area (Å²) in [7, 11) is 3.37. The summed E-state index contributed by atoms with van der Waals surface area (Å²) in [6.07, 6.45) is 15.1. The molecule has 0 bridgehead atoms. The zero-order valence-corrected chi connectivity index (χ0v) is 23.4. The lowest BCUT2D eigenvalue weighted by atomic mass is 10.00. The van der Waals surface area contributed by atoms with Gasteiger partial charge < -0.3 is 15.8 Å². The molecule has 5 rings (SSSR count). The van der Waals surface area contributed by atoms with Crippen LogP contribution in [0.3, 0.4) is 0 Å². The van der Waals surface area contributed by atoms with Crippen LogP contribution in [0.25, 0.3) is 27.8 Å². The van der Waals surface area contributed by atoms with E-state index in [0.717, 1.165) is 65.8 Å². The summed E-state index contributed by atoms with van der Waals surface area (Å²) in [4.78, 5) is 18.7. The standard InChI is InChI=1S/C30H33N9O2/c1-20(22(19-40)4-6-28(32)41-3)38-10-8-26(9-11-38)36-29-7-5-21(14-33-29)27-12-23(25-16-34-37(2)17-25)18-39-30(27)24(13-31)15-35-39/h4-7,12,14-20,26H,8-11,32H2,1-3H3,(H,33,36)/b22-4-,28-6+. The van der Waals surface area contributed by atoms with Gasteiger partial charge in [0.25, 0.3) is 0 Å². The van der Waals surface area contributed by atoms with Crippen molar-refractivity contribution in [3.8, 4) is 28.3 Å². The maximum absolute atomic E-state index is 11.7. The number of allylic oxidation sites excluding steroid dienone is 2. The van der Waals surface area contributed by atoms with E-state index in [4.69, 9.17) is 15.5 Å². The number of nitrogens with one attached hydrogen (secondary N) is 1. The molecule has 1 aliphatic rings. The fraction of sp³-hybridized carbons (Fsp3) is 0.300. The molecular formula is C30H33N9O2. The van der Waals surface area contributed by atoms with Crippen LogP contribution in [0, 0.1) is 11.3 Å². The number of nitriles is 1. The molecule has 210 valence electrons. The quantitative estimate of drug-likeness (QED) is 0.138. The molecule has 11 heteroatoms. The van der Waals surface area contributed by atoms with Crippen molar-refractivity contribution in [2.24, 2.45) is 12.8 Å². The van der Waals surface area contributed by atoms with Gasteiger partial charge in [-0.1, -0.05) is 0 Å². The molecule has 1 unspecified atom stereocenters. The van der Waals surface area contributed by atoms with Crippen LogP contribution in [0.15, 0.2) is 72.8 Å². The van der Waals surface area contributed by atoms with E-state index in [0.29, 0.717) is 11.1 Å². The number of aromatic nitrogens is 5. The summed E-state index contributed by atoms with van der Waals surface area (Å²) in [6.45, 7) is 3.73. The van der Waals surface area contributed by atoms with Crippen LogP contribution in [0.1, 0.15) is 25.3 Å². The first-order chi connectivity index (χ1) is 19.9. The predicted molar refractivity (Wildman–Crippen MR) is 156 cm³/mol. The Kier molecular flexibility index (Phi) is 8.12. The molecule has 1 atom stereocenters. The van der Waals surface area contributed by atoms with Crippen LogP contribution < -0.4 is 11.1 Å². The second-order valence-electron chi connectivity index (χ2n) is 10.1. The largest absolute Gasteiger partial charge is 0.483 e. The third kappa shape index (κ3) is 5.97. The van der Waals surface area contributed by atoms with E-state index in [1.54, 1.807) is 33.7 Å². The fourth-order valence-corrected chi connectivity index (χ4v) is 5.16. The first kappa shape index (κ1) is 27.6. The van der Waals surface area contributed by atoms with Gasteiger partial charge in [0.2, 0.25) is 0 Å². The average molecular weight is 552 g/mol. The monoisotopic (exact) mass is 551 g/mol. The van der Waals surface area contributed by atoms with Crippen molar-refractivity contribution in [2.45, 2.75) is 31.8 Å². The number of fused-ring (bicyclic) bond motifs is 1. The Labute approximate surface area is 238 Å². The molecule has 0 amide bonds. The van der Waals surface area contributed by atoms with Gasteiger partial charge in [-0.2, -0.15) is 15.5 Å². The zero-order chi connectivity index (χ0) is 28.9. The number of methoxy groups -OCH3 is 1. The van der Waals surface area contributed by atoms with E-state index in [1.807, 2.05) is 44.7 Å². The van der Waals surface area contributed by atoms with Crippen LogP contribution in [0.4, 0.5) is 5.82 Å². The normalized spacial score (nSPS) is 16.0. The van der Waals surface area contributed by atoms with Crippen LogP contribution >= 0.6 is 0 Å². The maximum atomic E-state index is 11.7. The van der Waals surface area contributed by atoms with Crippen LogP contribution in [0.5, 0.6) is 0 Å². The Hall–Kier alpha value is -4.95. The molecule has 1 aliphatic heterocycles. The van der Waals surface area contributed by atoms with Crippen molar-refractivity contribution in [3.05, 3.63) is 78.4 Å². The van der Waals surface area contributed by atoms with E-state index in [-0.39, 0.29) is 18.0 Å². The minimum absolute atomic E-state index is 0.0205. The number of nitrogens with two attached hydrogens (primary N) is 1. The highest BCUT2D eigenvalue weighted by Crippen LogP contribution is 2.32. The molecule has 41 heavy (non-hydrogen) atoms. The number of ether oxygens (including phenoxy) is 1. The SMILES string of the molecule is CO/C(N)=C/C=C(/C=O)C(C)N1CCC(Nc2ccc(-c3cc(-c4cnn(C)c4)cn4ncc(C#N)c34)cn2)CC1. The number of anilines is 1. The number of nitrogens with zero attached hydrogens (tertiary/aromatic N) is 7. The van der Waals surface area contributed by atoms with Gasteiger partial charge >= 0.3 is 0 Å². The number of hydrogen-bond acceptors (Lipinski definition) is 9. The third-order valence-electron chi connectivity index (χ3n) is 7.57. The van der Waals surface area contributed by atoms with E-state index in [9.17, 15) is 10.1 Å². The molecule has 4 aromatic rings. The van der Waals surface area contributed by atoms with Crippen molar-refractivity contribution in [1.82, 2.24) is 29.3 Å². The lowest BCUT2D eigenvalue weighted by Gasteiger charge is -2.36. The Balaban J connectivity index is 1.29. The van der Waals surface area contributed by atoms with Crippen LogP contribution in [-0.4, -0.2) is 67.8 Å². The first-order valence-electron chi connectivity index (χ1n) is 13.4. The Morgan fingerprint density at radius 1 is 1.15 bits per heavy atom. The van der Waals surface area contributed by atoms with Gasteiger partial charge in [-0.15, -0.1) is 0 Å². The van der Waals surface area contributed by atoms with Crippen LogP contribution in [0.2, 0.25) is 0 Å². The molecule has 11 nitrogen and oxygen atoms in total. The highest BCUT2D eigenvalue weighted by molar-refractivity contribution is 5.87. The predicted octanol–water partition coefficient (Wildman–Crippen LogP) is 3.51.